The first-order valence-corrected chi connectivity index (χ1v) is 11.1. The van der Waals surface area contributed by atoms with E-state index in [2.05, 4.69) is 20.1 Å². The topological polar surface area (TPSA) is 108 Å². The van der Waals surface area contributed by atoms with E-state index in [4.69, 9.17) is 27.9 Å². The summed E-state index contributed by atoms with van der Waals surface area (Å²) in [6.45, 7) is 4.98. The number of aryl methyl sites for hydroxylation is 2. The lowest BCUT2D eigenvalue weighted by molar-refractivity contribution is 0.0688. The summed E-state index contributed by atoms with van der Waals surface area (Å²) in [6, 6.07) is 8.63. The zero-order chi connectivity index (χ0) is 24.6. The SMILES string of the molecule is Cc1nc(OCc2ccn(C)n2)c(Cl)c(=O)n1-c1cc(-c2ccnc(C(C)(C)O)n2)ccc1Cl. The van der Waals surface area contributed by atoms with Gasteiger partial charge in [-0.2, -0.15) is 10.1 Å². The van der Waals surface area contributed by atoms with Gasteiger partial charge in [0.05, 0.1) is 22.1 Å². The summed E-state index contributed by atoms with van der Waals surface area (Å²) < 4.78 is 8.62. The molecule has 9 nitrogen and oxygen atoms in total. The molecular formula is C23H22Cl2N6O3. The van der Waals surface area contributed by atoms with E-state index >= 15 is 0 Å². The van der Waals surface area contributed by atoms with Crippen molar-refractivity contribution in [2.75, 3.05) is 0 Å². The van der Waals surface area contributed by atoms with E-state index in [1.54, 1.807) is 75.2 Å². The summed E-state index contributed by atoms with van der Waals surface area (Å²) in [7, 11) is 1.80. The fourth-order valence-corrected chi connectivity index (χ4v) is 3.69. The minimum atomic E-state index is -1.21. The van der Waals surface area contributed by atoms with Crippen molar-refractivity contribution in [1.82, 2.24) is 29.3 Å². The lowest BCUT2D eigenvalue weighted by atomic mass is 10.1. The number of nitrogens with zero attached hydrogens (tertiary/aromatic N) is 6. The van der Waals surface area contributed by atoms with Crippen LogP contribution in [-0.4, -0.2) is 34.4 Å². The van der Waals surface area contributed by atoms with Crippen LogP contribution in [0.2, 0.25) is 10.0 Å². The molecule has 0 saturated carbocycles. The van der Waals surface area contributed by atoms with E-state index in [0.717, 1.165) is 0 Å². The largest absolute Gasteiger partial charge is 0.470 e. The number of hydrogen-bond donors (Lipinski definition) is 1. The summed E-state index contributed by atoms with van der Waals surface area (Å²) in [6.07, 6.45) is 3.35. The Morgan fingerprint density at radius 1 is 1.15 bits per heavy atom. The number of aromatic nitrogens is 6. The molecule has 4 aromatic rings. The van der Waals surface area contributed by atoms with Gasteiger partial charge in [-0.15, -0.1) is 0 Å². The third-order valence-corrected chi connectivity index (χ3v) is 5.62. The Labute approximate surface area is 205 Å². The molecule has 3 heterocycles. The van der Waals surface area contributed by atoms with Crippen LogP contribution >= 0.6 is 23.2 Å². The average Bonchev–Trinajstić information content (AvgIpc) is 3.21. The number of hydrogen-bond acceptors (Lipinski definition) is 7. The smallest absolute Gasteiger partial charge is 0.280 e. The molecule has 34 heavy (non-hydrogen) atoms. The first-order valence-electron chi connectivity index (χ1n) is 10.3. The van der Waals surface area contributed by atoms with Gasteiger partial charge in [0, 0.05) is 25.0 Å². The van der Waals surface area contributed by atoms with E-state index in [9.17, 15) is 9.90 Å². The van der Waals surface area contributed by atoms with E-state index in [1.165, 1.54) is 4.57 Å². The van der Waals surface area contributed by atoms with Crippen LogP contribution in [0.25, 0.3) is 16.9 Å². The van der Waals surface area contributed by atoms with Crippen molar-refractivity contribution in [1.29, 1.82) is 0 Å². The van der Waals surface area contributed by atoms with E-state index in [-0.39, 0.29) is 23.3 Å². The van der Waals surface area contributed by atoms with Crippen LogP contribution in [0.1, 0.15) is 31.2 Å². The van der Waals surface area contributed by atoms with Crippen molar-refractivity contribution in [2.24, 2.45) is 7.05 Å². The van der Waals surface area contributed by atoms with Crippen LogP contribution in [0.3, 0.4) is 0 Å². The Morgan fingerprint density at radius 3 is 2.59 bits per heavy atom. The molecule has 0 saturated heterocycles. The summed E-state index contributed by atoms with van der Waals surface area (Å²) >= 11 is 12.8. The zero-order valence-corrected chi connectivity index (χ0v) is 20.5. The predicted octanol–water partition coefficient (Wildman–Crippen LogP) is 3.84. The number of rotatable bonds is 6. The fraction of sp³-hybridized carbons (Fsp3) is 0.261. The molecule has 0 spiro atoms. The molecule has 1 N–H and O–H groups in total. The predicted molar refractivity (Wildman–Crippen MR) is 128 cm³/mol. The van der Waals surface area contributed by atoms with Crippen molar-refractivity contribution in [3.63, 3.8) is 0 Å². The maximum atomic E-state index is 13.2. The second kappa shape index (κ2) is 9.17. The molecule has 1 aromatic carbocycles. The standard InChI is InChI=1S/C23H22Cl2N6O3/c1-13-27-20(34-12-15-8-10-30(4)29-15)19(25)21(32)31(13)18-11-14(5-6-16(18)24)17-7-9-26-22(28-17)23(2,3)33/h5-11,33H,12H2,1-4H3. The van der Waals surface area contributed by atoms with Crippen LogP contribution in [0, 0.1) is 6.92 Å². The van der Waals surface area contributed by atoms with Gasteiger partial charge in [0.25, 0.3) is 5.56 Å². The van der Waals surface area contributed by atoms with Crippen LogP contribution < -0.4 is 10.3 Å². The Balaban J connectivity index is 1.73. The highest BCUT2D eigenvalue weighted by atomic mass is 35.5. The monoisotopic (exact) mass is 500 g/mol. The van der Waals surface area contributed by atoms with Gasteiger partial charge >= 0.3 is 0 Å². The number of halogens is 2. The molecule has 0 radical (unpaired) electrons. The van der Waals surface area contributed by atoms with Gasteiger partial charge in [0.1, 0.15) is 18.0 Å². The molecule has 0 amide bonds. The molecule has 0 unspecified atom stereocenters. The van der Waals surface area contributed by atoms with Crippen molar-refractivity contribution in [3.05, 3.63) is 80.5 Å². The highest BCUT2D eigenvalue weighted by molar-refractivity contribution is 6.33. The normalized spacial score (nSPS) is 11.6. The Bertz CT molecular complexity index is 1430. The summed E-state index contributed by atoms with van der Waals surface area (Å²) in [5, 5.41) is 14.6. The van der Waals surface area contributed by atoms with Gasteiger partial charge in [-0.05, 0) is 45.0 Å². The van der Waals surface area contributed by atoms with Crippen LogP contribution in [0.5, 0.6) is 5.88 Å². The van der Waals surface area contributed by atoms with Crippen molar-refractivity contribution >= 4 is 23.2 Å². The molecule has 0 bridgehead atoms. The zero-order valence-electron chi connectivity index (χ0n) is 19.0. The van der Waals surface area contributed by atoms with Gasteiger partial charge < -0.3 is 9.84 Å². The third kappa shape index (κ3) is 4.82. The van der Waals surface area contributed by atoms with Crippen LogP contribution in [0.15, 0.2) is 47.5 Å². The number of benzene rings is 1. The number of ether oxygens (including phenoxy) is 1. The molecule has 0 aliphatic heterocycles. The first kappa shape index (κ1) is 23.9. The minimum Gasteiger partial charge on any atom is -0.470 e. The van der Waals surface area contributed by atoms with Crippen LogP contribution in [0.4, 0.5) is 0 Å². The highest BCUT2D eigenvalue weighted by Crippen LogP contribution is 2.29. The Morgan fingerprint density at radius 2 is 1.91 bits per heavy atom. The van der Waals surface area contributed by atoms with Crippen molar-refractivity contribution < 1.29 is 9.84 Å². The third-order valence-electron chi connectivity index (χ3n) is 4.98. The summed E-state index contributed by atoms with van der Waals surface area (Å²) in [5.74, 6) is 0.627. The van der Waals surface area contributed by atoms with E-state index in [1.807, 2.05) is 0 Å². The first-order chi connectivity index (χ1) is 16.0. The van der Waals surface area contributed by atoms with Crippen molar-refractivity contribution in [2.45, 2.75) is 33.0 Å². The van der Waals surface area contributed by atoms with E-state index in [0.29, 0.717) is 33.5 Å². The quantitative estimate of drug-likeness (QED) is 0.428. The average molecular weight is 501 g/mol. The van der Waals surface area contributed by atoms with Gasteiger partial charge in [0.2, 0.25) is 5.88 Å². The maximum absolute atomic E-state index is 13.2. The molecule has 4 rings (SSSR count). The molecule has 0 fully saturated rings. The molecule has 0 atom stereocenters. The van der Waals surface area contributed by atoms with Gasteiger partial charge in [-0.1, -0.05) is 29.3 Å². The Hall–Kier alpha value is -3.27. The molecule has 176 valence electrons. The molecule has 0 aliphatic rings. The van der Waals surface area contributed by atoms with Gasteiger partial charge in [0.15, 0.2) is 10.8 Å². The second-order valence-electron chi connectivity index (χ2n) is 8.18. The maximum Gasteiger partial charge on any atom is 0.280 e. The summed E-state index contributed by atoms with van der Waals surface area (Å²) in [5.41, 5.74) is 0.560. The van der Waals surface area contributed by atoms with Gasteiger partial charge in [-0.25, -0.2) is 9.97 Å². The fourth-order valence-electron chi connectivity index (χ4n) is 3.30. The summed E-state index contributed by atoms with van der Waals surface area (Å²) in [4.78, 5) is 26.1. The molecule has 0 aliphatic carbocycles. The molecular weight excluding hydrogens is 479 g/mol. The second-order valence-corrected chi connectivity index (χ2v) is 8.96. The minimum absolute atomic E-state index is 0.0176. The highest BCUT2D eigenvalue weighted by Gasteiger charge is 2.21. The molecule has 3 aromatic heterocycles. The Kier molecular flexibility index (Phi) is 6.44. The lowest BCUT2D eigenvalue weighted by Gasteiger charge is -2.17. The van der Waals surface area contributed by atoms with Gasteiger partial charge in [-0.3, -0.25) is 14.0 Å². The molecule has 11 heteroatoms. The lowest BCUT2D eigenvalue weighted by Crippen LogP contribution is -2.24. The van der Waals surface area contributed by atoms with Crippen LogP contribution in [-0.2, 0) is 19.3 Å². The van der Waals surface area contributed by atoms with E-state index < -0.39 is 11.2 Å². The number of aliphatic hydroxyl groups is 1. The van der Waals surface area contributed by atoms with Crippen molar-refractivity contribution in [3.8, 4) is 22.8 Å².